The number of aryl methyl sites for hydroxylation is 1. The first-order chi connectivity index (χ1) is 8.72. The van der Waals surface area contributed by atoms with Crippen molar-refractivity contribution in [2.24, 2.45) is 0 Å². The van der Waals surface area contributed by atoms with Crippen molar-refractivity contribution in [2.75, 3.05) is 13.1 Å². The first-order valence-corrected chi connectivity index (χ1v) is 6.84. The van der Waals surface area contributed by atoms with Gasteiger partial charge in [0.25, 0.3) is 5.91 Å². The molecule has 2 aliphatic heterocycles. The highest BCUT2D eigenvalue weighted by molar-refractivity contribution is 5.94. The van der Waals surface area contributed by atoms with Crippen molar-refractivity contribution in [2.45, 2.75) is 38.3 Å². The van der Waals surface area contributed by atoms with Gasteiger partial charge >= 0.3 is 0 Å². The van der Waals surface area contributed by atoms with E-state index in [-0.39, 0.29) is 5.91 Å². The molecule has 0 spiro atoms. The highest BCUT2D eigenvalue weighted by Crippen LogP contribution is 2.21. The molecule has 0 aliphatic carbocycles. The summed E-state index contributed by atoms with van der Waals surface area (Å²) in [6.45, 7) is 3.78. The van der Waals surface area contributed by atoms with Gasteiger partial charge in [-0.15, -0.1) is 0 Å². The van der Waals surface area contributed by atoms with Crippen molar-refractivity contribution >= 4 is 5.91 Å². The van der Waals surface area contributed by atoms with Crippen LogP contribution in [0.2, 0.25) is 0 Å². The molecule has 1 amide bonds. The molecule has 2 saturated heterocycles. The van der Waals surface area contributed by atoms with Gasteiger partial charge in [-0.1, -0.05) is 17.7 Å². The van der Waals surface area contributed by atoms with Crippen LogP contribution in [0, 0.1) is 6.92 Å². The zero-order chi connectivity index (χ0) is 12.5. The van der Waals surface area contributed by atoms with E-state index in [0.29, 0.717) is 12.1 Å². The molecular formula is C15H20N2O. The van der Waals surface area contributed by atoms with Gasteiger partial charge in [-0.3, -0.25) is 4.79 Å². The van der Waals surface area contributed by atoms with Gasteiger partial charge in [-0.2, -0.15) is 0 Å². The normalized spacial score (nSPS) is 27.1. The number of fused-ring (bicyclic) bond motifs is 2. The average molecular weight is 244 g/mol. The van der Waals surface area contributed by atoms with Crippen LogP contribution in [0.1, 0.15) is 35.2 Å². The van der Waals surface area contributed by atoms with Gasteiger partial charge in [-0.25, -0.2) is 0 Å². The van der Waals surface area contributed by atoms with Crippen LogP contribution in [-0.2, 0) is 0 Å². The number of hydrogen-bond acceptors (Lipinski definition) is 2. The third-order valence-electron chi connectivity index (χ3n) is 4.08. The van der Waals surface area contributed by atoms with E-state index in [0.717, 1.165) is 30.6 Å². The van der Waals surface area contributed by atoms with Crippen LogP contribution in [0.15, 0.2) is 24.3 Å². The van der Waals surface area contributed by atoms with Crippen molar-refractivity contribution in [3.05, 3.63) is 35.4 Å². The number of carbonyl (C=O) groups is 1. The molecule has 3 rings (SSSR count). The Hall–Kier alpha value is -1.35. The van der Waals surface area contributed by atoms with Crippen LogP contribution < -0.4 is 5.32 Å². The van der Waals surface area contributed by atoms with Gasteiger partial charge in [0.1, 0.15) is 0 Å². The molecule has 2 unspecified atom stereocenters. The molecule has 0 radical (unpaired) electrons. The molecule has 2 heterocycles. The number of likely N-dealkylation sites (tertiary alicyclic amines) is 1. The van der Waals surface area contributed by atoms with E-state index in [1.165, 1.54) is 12.8 Å². The number of nitrogens with zero attached hydrogens (tertiary/aromatic N) is 1. The highest BCUT2D eigenvalue weighted by Gasteiger charge is 2.31. The smallest absolute Gasteiger partial charge is 0.253 e. The summed E-state index contributed by atoms with van der Waals surface area (Å²) in [5.74, 6) is 0.188. The Morgan fingerprint density at radius 2 is 2.11 bits per heavy atom. The molecule has 3 nitrogen and oxygen atoms in total. The number of amides is 1. The quantitative estimate of drug-likeness (QED) is 0.819. The standard InChI is InChI=1S/C15H20N2O/c1-11-3-2-4-12(9-11)15(18)17-8-7-13-5-6-14(10-17)16-13/h2-4,9,13-14,16H,5-8,10H2,1H3. The largest absolute Gasteiger partial charge is 0.337 e. The van der Waals surface area contributed by atoms with Crippen molar-refractivity contribution in [1.82, 2.24) is 10.2 Å². The lowest BCUT2D eigenvalue weighted by atomic mass is 10.1. The number of hydrogen-bond donors (Lipinski definition) is 1. The van der Waals surface area contributed by atoms with Crippen LogP contribution in [0.25, 0.3) is 0 Å². The maximum absolute atomic E-state index is 12.5. The molecule has 1 aromatic carbocycles. The van der Waals surface area contributed by atoms with Crippen LogP contribution in [0.4, 0.5) is 0 Å². The Balaban J connectivity index is 1.76. The molecule has 0 saturated carbocycles. The van der Waals surface area contributed by atoms with Crippen molar-refractivity contribution in [3.8, 4) is 0 Å². The minimum atomic E-state index is 0.188. The Morgan fingerprint density at radius 1 is 1.28 bits per heavy atom. The third kappa shape index (κ3) is 2.27. The molecule has 18 heavy (non-hydrogen) atoms. The lowest BCUT2D eigenvalue weighted by Crippen LogP contribution is -2.39. The predicted molar refractivity (Wildman–Crippen MR) is 71.6 cm³/mol. The molecule has 96 valence electrons. The maximum atomic E-state index is 12.5. The Morgan fingerprint density at radius 3 is 2.94 bits per heavy atom. The Bertz CT molecular complexity index is 458. The maximum Gasteiger partial charge on any atom is 0.253 e. The average Bonchev–Trinajstić information content (AvgIpc) is 2.68. The number of carbonyl (C=O) groups excluding carboxylic acids is 1. The van der Waals surface area contributed by atoms with Gasteiger partial charge in [0, 0.05) is 30.7 Å². The van der Waals surface area contributed by atoms with Crippen LogP contribution in [0.3, 0.4) is 0 Å². The molecule has 1 aromatic rings. The second kappa shape index (κ2) is 4.73. The molecule has 1 N–H and O–H groups in total. The summed E-state index contributed by atoms with van der Waals surface area (Å²) in [5, 5.41) is 3.61. The van der Waals surface area contributed by atoms with E-state index in [1.54, 1.807) is 0 Å². The van der Waals surface area contributed by atoms with Crippen LogP contribution >= 0.6 is 0 Å². The van der Waals surface area contributed by atoms with Gasteiger partial charge < -0.3 is 10.2 Å². The summed E-state index contributed by atoms with van der Waals surface area (Å²) < 4.78 is 0. The fraction of sp³-hybridized carbons (Fsp3) is 0.533. The molecule has 2 atom stereocenters. The Labute approximate surface area is 108 Å². The molecule has 2 aliphatic rings. The summed E-state index contributed by atoms with van der Waals surface area (Å²) in [6.07, 6.45) is 3.58. The second-order valence-corrected chi connectivity index (χ2v) is 5.55. The second-order valence-electron chi connectivity index (χ2n) is 5.55. The first-order valence-electron chi connectivity index (χ1n) is 6.84. The van der Waals surface area contributed by atoms with Crippen molar-refractivity contribution < 1.29 is 4.79 Å². The lowest BCUT2D eigenvalue weighted by Gasteiger charge is -2.24. The van der Waals surface area contributed by atoms with Crippen molar-refractivity contribution in [3.63, 3.8) is 0 Å². The van der Waals surface area contributed by atoms with E-state index in [1.807, 2.05) is 36.1 Å². The van der Waals surface area contributed by atoms with E-state index in [2.05, 4.69) is 5.32 Å². The molecule has 2 bridgehead atoms. The van der Waals surface area contributed by atoms with Gasteiger partial charge in [0.2, 0.25) is 0 Å². The summed E-state index contributed by atoms with van der Waals surface area (Å²) in [5.41, 5.74) is 1.98. The van der Waals surface area contributed by atoms with Gasteiger partial charge in [-0.05, 0) is 38.3 Å². The molecule has 3 heteroatoms. The van der Waals surface area contributed by atoms with Gasteiger partial charge in [0.05, 0.1) is 0 Å². The number of benzene rings is 1. The van der Waals surface area contributed by atoms with Crippen LogP contribution in [-0.4, -0.2) is 36.0 Å². The fourth-order valence-electron chi connectivity index (χ4n) is 3.09. The minimum Gasteiger partial charge on any atom is -0.337 e. The van der Waals surface area contributed by atoms with E-state index in [9.17, 15) is 4.79 Å². The van der Waals surface area contributed by atoms with Crippen molar-refractivity contribution in [1.29, 1.82) is 0 Å². The van der Waals surface area contributed by atoms with E-state index >= 15 is 0 Å². The van der Waals surface area contributed by atoms with E-state index in [4.69, 9.17) is 0 Å². The predicted octanol–water partition coefficient (Wildman–Crippen LogP) is 1.96. The fourth-order valence-corrected chi connectivity index (χ4v) is 3.09. The summed E-state index contributed by atoms with van der Waals surface area (Å²) in [7, 11) is 0. The van der Waals surface area contributed by atoms with Crippen LogP contribution in [0.5, 0.6) is 0 Å². The topological polar surface area (TPSA) is 32.3 Å². The molecule has 0 aromatic heterocycles. The van der Waals surface area contributed by atoms with Gasteiger partial charge in [0.15, 0.2) is 0 Å². The molecule has 2 fully saturated rings. The zero-order valence-corrected chi connectivity index (χ0v) is 10.9. The highest BCUT2D eigenvalue weighted by atomic mass is 16.2. The summed E-state index contributed by atoms with van der Waals surface area (Å²) >= 11 is 0. The SMILES string of the molecule is Cc1cccc(C(=O)N2CCC3CCC(C2)N3)c1. The van der Waals surface area contributed by atoms with E-state index < -0.39 is 0 Å². The number of rotatable bonds is 1. The zero-order valence-electron chi connectivity index (χ0n) is 10.9. The summed E-state index contributed by atoms with van der Waals surface area (Å²) in [4.78, 5) is 14.5. The minimum absolute atomic E-state index is 0.188. The molecular weight excluding hydrogens is 224 g/mol. The number of nitrogens with one attached hydrogen (secondary N) is 1. The third-order valence-corrected chi connectivity index (χ3v) is 4.08. The Kier molecular flexibility index (Phi) is 3.08. The lowest BCUT2D eigenvalue weighted by molar-refractivity contribution is 0.0748. The summed E-state index contributed by atoms with van der Waals surface area (Å²) in [6, 6.07) is 9.04. The monoisotopic (exact) mass is 244 g/mol. The first kappa shape index (κ1) is 11.7.